The molecule has 1 rings (SSSR count). The highest BCUT2D eigenvalue weighted by atomic mass is 79.9. The van der Waals surface area contributed by atoms with Gasteiger partial charge in [0.2, 0.25) is 0 Å². The maximum Gasteiger partial charge on any atom is 0.122 e. The van der Waals surface area contributed by atoms with E-state index in [1.54, 1.807) is 6.07 Å². The highest BCUT2D eigenvalue weighted by molar-refractivity contribution is 9.10. The number of halogens is 1. The molecule has 76 valence electrons. The molecule has 0 fully saturated rings. The van der Waals surface area contributed by atoms with E-state index < -0.39 is 0 Å². The second-order valence-corrected chi connectivity index (χ2v) is 3.91. The van der Waals surface area contributed by atoms with E-state index in [0.29, 0.717) is 5.75 Å². The molecule has 0 aliphatic carbocycles. The van der Waals surface area contributed by atoms with E-state index in [9.17, 15) is 5.11 Å². The lowest BCUT2D eigenvalue weighted by molar-refractivity contribution is 0.474. The average Bonchev–Trinajstić information content (AvgIpc) is 2.18. The number of phenols is 1. The number of benzene rings is 1. The van der Waals surface area contributed by atoms with Crippen molar-refractivity contribution < 1.29 is 5.11 Å². The van der Waals surface area contributed by atoms with Crippen LogP contribution in [-0.2, 0) is 0 Å². The molecule has 0 unspecified atom stereocenters. The summed E-state index contributed by atoms with van der Waals surface area (Å²) in [6.07, 6.45) is 4.93. The maximum atomic E-state index is 9.50. The Balaban J connectivity index is 2.65. The minimum Gasteiger partial charge on any atom is -0.507 e. The molecule has 14 heavy (non-hydrogen) atoms. The molecule has 1 aromatic rings. The third kappa shape index (κ3) is 3.52. The van der Waals surface area contributed by atoms with Crippen LogP contribution >= 0.6 is 15.9 Å². The van der Waals surface area contributed by atoms with Crippen molar-refractivity contribution in [1.29, 1.82) is 0 Å². The van der Waals surface area contributed by atoms with Gasteiger partial charge in [0.15, 0.2) is 0 Å². The first-order valence-electron chi connectivity index (χ1n) is 4.53. The highest BCUT2D eigenvalue weighted by Crippen LogP contribution is 2.22. The van der Waals surface area contributed by atoms with Crippen molar-refractivity contribution in [2.45, 2.75) is 6.42 Å². The van der Waals surface area contributed by atoms with E-state index in [2.05, 4.69) is 21.2 Å². The minimum absolute atomic E-state index is 0.314. The standard InChI is InChI=1S/C11H14BrNO/c1-13-7-3-2-4-9-8-10(12)5-6-11(9)14/h2,4-6,8,13-14H,3,7H2,1H3. The SMILES string of the molecule is CNCCC=Cc1cc(Br)ccc1O. The van der Waals surface area contributed by atoms with Gasteiger partial charge in [-0.3, -0.25) is 0 Å². The van der Waals surface area contributed by atoms with Gasteiger partial charge in [0.25, 0.3) is 0 Å². The van der Waals surface area contributed by atoms with Gasteiger partial charge in [-0.05, 0) is 38.2 Å². The number of phenolic OH excluding ortho intramolecular Hbond substituents is 1. The van der Waals surface area contributed by atoms with Crippen molar-refractivity contribution >= 4 is 22.0 Å². The summed E-state index contributed by atoms with van der Waals surface area (Å²) in [5, 5.41) is 12.6. The number of aromatic hydroxyl groups is 1. The summed E-state index contributed by atoms with van der Waals surface area (Å²) in [6, 6.07) is 5.40. The molecule has 0 atom stereocenters. The van der Waals surface area contributed by atoms with Crippen LogP contribution in [0.1, 0.15) is 12.0 Å². The number of nitrogens with one attached hydrogen (secondary N) is 1. The Morgan fingerprint density at radius 3 is 3.00 bits per heavy atom. The van der Waals surface area contributed by atoms with Gasteiger partial charge in [-0.1, -0.05) is 28.1 Å². The summed E-state index contributed by atoms with van der Waals surface area (Å²) < 4.78 is 0.976. The zero-order chi connectivity index (χ0) is 10.4. The van der Waals surface area contributed by atoms with Crippen LogP contribution in [0.3, 0.4) is 0 Å². The second kappa shape index (κ2) is 5.83. The van der Waals surface area contributed by atoms with Crippen LogP contribution in [0.2, 0.25) is 0 Å². The topological polar surface area (TPSA) is 32.3 Å². The summed E-state index contributed by atoms with van der Waals surface area (Å²) in [5.74, 6) is 0.314. The smallest absolute Gasteiger partial charge is 0.122 e. The van der Waals surface area contributed by atoms with Crippen LogP contribution in [0.25, 0.3) is 6.08 Å². The minimum atomic E-state index is 0.314. The average molecular weight is 256 g/mol. The van der Waals surface area contributed by atoms with E-state index in [1.165, 1.54) is 0 Å². The molecule has 0 saturated carbocycles. The van der Waals surface area contributed by atoms with E-state index in [4.69, 9.17) is 0 Å². The molecule has 1 aromatic carbocycles. The fraction of sp³-hybridized carbons (Fsp3) is 0.273. The first-order valence-corrected chi connectivity index (χ1v) is 5.33. The van der Waals surface area contributed by atoms with Gasteiger partial charge in [0.1, 0.15) is 5.75 Å². The van der Waals surface area contributed by atoms with Crippen LogP contribution in [-0.4, -0.2) is 18.7 Å². The first kappa shape index (κ1) is 11.3. The largest absolute Gasteiger partial charge is 0.507 e. The van der Waals surface area contributed by atoms with Crippen LogP contribution in [0.5, 0.6) is 5.75 Å². The monoisotopic (exact) mass is 255 g/mol. The zero-order valence-electron chi connectivity index (χ0n) is 8.13. The Morgan fingerprint density at radius 1 is 1.50 bits per heavy atom. The molecule has 0 bridgehead atoms. The Hall–Kier alpha value is -0.800. The lowest BCUT2D eigenvalue weighted by Crippen LogP contribution is -2.05. The van der Waals surface area contributed by atoms with Gasteiger partial charge < -0.3 is 10.4 Å². The molecule has 0 amide bonds. The fourth-order valence-electron chi connectivity index (χ4n) is 1.10. The van der Waals surface area contributed by atoms with Crippen molar-refractivity contribution in [3.05, 3.63) is 34.3 Å². The van der Waals surface area contributed by atoms with Gasteiger partial charge >= 0.3 is 0 Å². The van der Waals surface area contributed by atoms with Crippen LogP contribution in [0.4, 0.5) is 0 Å². The van der Waals surface area contributed by atoms with Gasteiger partial charge in [-0.25, -0.2) is 0 Å². The first-order chi connectivity index (χ1) is 6.74. The predicted octanol–water partition coefficient (Wildman–Crippen LogP) is 2.78. The van der Waals surface area contributed by atoms with Gasteiger partial charge in [0, 0.05) is 10.0 Å². The normalized spacial score (nSPS) is 11.0. The van der Waals surface area contributed by atoms with E-state index in [0.717, 1.165) is 23.0 Å². The lowest BCUT2D eigenvalue weighted by atomic mass is 10.2. The highest BCUT2D eigenvalue weighted by Gasteiger charge is 1.96. The third-order valence-electron chi connectivity index (χ3n) is 1.85. The van der Waals surface area contributed by atoms with Crippen molar-refractivity contribution in [2.24, 2.45) is 0 Å². The Kier molecular flexibility index (Phi) is 4.70. The third-order valence-corrected chi connectivity index (χ3v) is 2.34. The fourth-order valence-corrected chi connectivity index (χ4v) is 1.48. The van der Waals surface area contributed by atoms with Crippen molar-refractivity contribution in [2.75, 3.05) is 13.6 Å². The Morgan fingerprint density at radius 2 is 2.29 bits per heavy atom. The molecule has 3 heteroatoms. The van der Waals surface area contributed by atoms with Crippen LogP contribution < -0.4 is 5.32 Å². The maximum absolute atomic E-state index is 9.50. The molecule has 2 nitrogen and oxygen atoms in total. The van der Waals surface area contributed by atoms with Crippen molar-refractivity contribution in [3.63, 3.8) is 0 Å². The van der Waals surface area contributed by atoms with E-state index in [-0.39, 0.29) is 0 Å². The van der Waals surface area contributed by atoms with Crippen LogP contribution in [0.15, 0.2) is 28.7 Å². The van der Waals surface area contributed by atoms with E-state index >= 15 is 0 Å². The summed E-state index contributed by atoms with van der Waals surface area (Å²) in [5.41, 5.74) is 0.843. The molecule has 0 aliphatic rings. The van der Waals surface area contributed by atoms with Gasteiger partial charge in [-0.15, -0.1) is 0 Å². The summed E-state index contributed by atoms with van der Waals surface area (Å²) >= 11 is 3.36. The Labute approximate surface area is 92.8 Å². The molecule has 0 heterocycles. The summed E-state index contributed by atoms with van der Waals surface area (Å²) in [6.45, 7) is 0.950. The van der Waals surface area contributed by atoms with E-state index in [1.807, 2.05) is 31.3 Å². The molecular weight excluding hydrogens is 242 g/mol. The van der Waals surface area contributed by atoms with Crippen LogP contribution in [0, 0.1) is 0 Å². The quantitative estimate of drug-likeness (QED) is 0.812. The molecule has 0 saturated heterocycles. The molecule has 2 N–H and O–H groups in total. The second-order valence-electron chi connectivity index (χ2n) is 3.00. The summed E-state index contributed by atoms with van der Waals surface area (Å²) in [4.78, 5) is 0. The predicted molar refractivity (Wildman–Crippen MR) is 63.4 cm³/mol. The molecule has 0 aliphatic heterocycles. The van der Waals surface area contributed by atoms with Crippen molar-refractivity contribution in [1.82, 2.24) is 5.32 Å². The number of hydrogen-bond acceptors (Lipinski definition) is 2. The Bertz CT molecular complexity index is 323. The summed E-state index contributed by atoms with van der Waals surface area (Å²) in [7, 11) is 1.92. The number of rotatable bonds is 4. The van der Waals surface area contributed by atoms with Crippen molar-refractivity contribution in [3.8, 4) is 5.75 Å². The van der Waals surface area contributed by atoms with Gasteiger partial charge in [-0.2, -0.15) is 0 Å². The molecule has 0 spiro atoms. The lowest BCUT2D eigenvalue weighted by Gasteiger charge is -1.99. The molecule has 0 aromatic heterocycles. The molecule has 0 radical (unpaired) electrons. The molecular formula is C11H14BrNO. The zero-order valence-corrected chi connectivity index (χ0v) is 9.71. The number of hydrogen-bond donors (Lipinski definition) is 2. The van der Waals surface area contributed by atoms with Gasteiger partial charge in [0.05, 0.1) is 0 Å².